The van der Waals surface area contributed by atoms with Crippen LogP contribution in [0.4, 0.5) is 0 Å². The molecule has 0 radical (unpaired) electrons. The third-order valence-electron chi connectivity index (χ3n) is 4.85. The first kappa shape index (κ1) is 19.9. The Morgan fingerprint density at radius 2 is 1.68 bits per heavy atom. The van der Waals surface area contributed by atoms with Crippen LogP contribution in [0.2, 0.25) is 0 Å². The van der Waals surface area contributed by atoms with Crippen molar-refractivity contribution in [1.29, 1.82) is 0 Å². The van der Waals surface area contributed by atoms with E-state index < -0.39 is 0 Å². The van der Waals surface area contributed by atoms with Gasteiger partial charge in [-0.1, -0.05) is 6.07 Å². The van der Waals surface area contributed by atoms with Crippen LogP contribution in [-0.4, -0.2) is 83.3 Å². The summed E-state index contributed by atoms with van der Waals surface area (Å²) in [7, 11) is 4.01. The first-order valence-electron chi connectivity index (χ1n) is 9.64. The van der Waals surface area contributed by atoms with Gasteiger partial charge >= 0.3 is 0 Å². The van der Waals surface area contributed by atoms with E-state index in [0.29, 0.717) is 43.9 Å². The Kier molecular flexibility index (Phi) is 6.71. The molecular formula is C21H27N5O2. The molecule has 148 valence electrons. The molecule has 0 spiro atoms. The second kappa shape index (κ2) is 9.41. The standard InChI is InChI=1S/C21H27N5O2/c1-24(2)11-5-7-20(27)25-12-14-26(15-13-25)21(28)17-8-10-23-19(16-17)18-6-3-4-9-22-18/h3-4,6,8-10,16H,5,7,11-15H2,1-2H3. The van der Waals surface area contributed by atoms with Gasteiger partial charge in [-0.25, -0.2) is 0 Å². The summed E-state index contributed by atoms with van der Waals surface area (Å²) in [6, 6.07) is 9.13. The van der Waals surface area contributed by atoms with Crippen molar-refractivity contribution in [2.45, 2.75) is 12.8 Å². The number of hydrogen-bond donors (Lipinski definition) is 0. The number of piperazine rings is 1. The van der Waals surface area contributed by atoms with Crippen LogP contribution in [0.1, 0.15) is 23.2 Å². The molecule has 0 atom stereocenters. The summed E-state index contributed by atoms with van der Waals surface area (Å²) in [6.45, 7) is 3.19. The first-order valence-corrected chi connectivity index (χ1v) is 9.64. The van der Waals surface area contributed by atoms with Crippen LogP contribution in [0.3, 0.4) is 0 Å². The number of aromatic nitrogens is 2. The van der Waals surface area contributed by atoms with Crippen LogP contribution in [0.25, 0.3) is 11.4 Å². The molecule has 0 aliphatic carbocycles. The topological polar surface area (TPSA) is 69.6 Å². The van der Waals surface area contributed by atoms with Crippen molar-refractivity contribution >= 4 is 11.8 Å². The van der Waals surface area contributed by atoms with Gasteiger partial charge in [0.05, 0.1) is 11.4 Å². The van der Waals surface area contributed by atoms with Crippen LogP contribution in [-0.2, 0) is 4.79 Å². The number of nitrogens with zero attached hydrogens (tertiary/aromatic N) is 5. The van der Waals surface area contributed by atoms with Crippen molar-refractivity contribution in [3.63, 3.8) is 0 Å². The Morgan fingerprint density at radius 3 is 2.36 bits per heavy atom. The van der Waals surface area contributed by atoms with Gasteiger partial charge in [-0.3, -0.25) is 19.6 Å². The largest absolute Gasteiger partial charge is 0.339 e. The molecule has 0 N–H and O–H groups in total. The highest BCUT2D eigenvalue weighted by molar-refractivity contribution is 5.95. The fraction of sp³-hybridized carbons (Fsp3) is 0.429. The van der Waals surface area contributed by atoms with Gasteiger partial charge in [0.1, 0.15) is 0 Å². The zero-order valence-corrected chi connectivity index (χ0v) is 16.5. The highest BCUT2D eigenvalue weighted by atomic mass is 16.2. The number of pyridine rings is 2. The molecule has 28 heavy (non-hydrogen) atoms. The third-order valence-corrected chi connectivity index (χ3v) is 4.85. The van der Waals surface area contributed by atoms with Crippen molar-refractivity contribution in [1.82, 2.24) is 24.7 Å². The molecule has 1 saturated heterocycles. The Morgan fingerprint density at radius 1 is 0.964 bits per heavy atom. The van der Waals surface area contributed by atoms with Crippen molar-refractivity contribution < 1.29 is 9.59 Å². The fourth-order valence-electron chi connectivity index (χ4n) is 3.26. The second-order valence-electron chi connectivity index (χ2n) is 7.22. The Balaban J connectivity index is 1.56. The predicted octanol–water partition coefficient (Wildman–Crippen LogP) is 1.77. The Labute approximate surface area is 166 Å². The summed E-state index contributed by atoms with van der Waals surface area (Å²) in [5, 5.41) is 0. The van der Waals surface area contributed by atoms with Gasteiger partial charge in [0.2, 0.25) is 5.91 Å². The van der Waals surface area contributed by atoms with E-state index in [1.54, 1.807) is 29.4 Å². The Hall–Kier alpha value is -2.80. The minimum Gasteiger partial charge on any atom is -0.339 e. The summed E-state index contributed by atoms with van der Waals surface area (Å²) in [6.07, 6.45) is 4.77. The van der Waals surface area contributed by atoms with E-state index in [9.17, 15) is 9.59 Å². The van der Waals surface area contributed by atoms with Crippen LogP contribution < -0.4 is 0 Å². The van der Waals surface area contributed by atoms with E-state index in [0.717, 1.165) is 18.7 Å². The van der Waals surface area contributed by atoms with E-state index in [1.807, 2.05) is 37.2 Å². The van der Waals surface area contributed by atoms with Gasteiger partial charge in [-0.15, -0.1) is 0 Å². The zero-order chi connectivity index (χ0) is 19.9. The van der Waals surface area contributed by atoms with Gasteiger partial charge in [-0.05, 0) is 51.3 Å². The summed E-state index contributed by atoms with van der Waals surface area (Å²) >= 11 is 0. The Bertz CT molecular complexity index is 801. The lowest BCUT2D eigenvalue weighted by Gasteiger charge is -2.35. The summed E-state index contributed by atoms with van der Waals surface area (Å²) in [4.78, 5) is 39.6. The minimum atomic E-state index is -0.0284. The summed E-state index contributed by atoms with van der Waals surface area (Å²) in [5.41, 5.74) is 2.02. The van der Waals surface area contributed by atoms with Crippen molar-refractivity contribution in [2.24, 2.45) is 0 Å². The average molecular weight is 381 g/mol. The van der Waals surface area contributed by atoms with Gasteiger partial charge in [0.15, 0.2) is 0 Å². The molecule has 2 amide bonds. The monoisotopic (exact) mass is 381 g/mol. The van der Waals surface area contributed by atoms with E-state index >= 15 is 0 Å². The van der Waals surface area contributed by atoms with Gasteiger partial charge in [-0.2, -0.15) is 0 Å². The fourth-order valence-corrected chi connectivity index (χ4v) is 3.26. The average Bonchev–Trinajstić information content (AvgIpc) is 2.74. The van der Waals surface area contributed by atoms with Gasteiger partial charge < -0.3 is 14.7 Å². The zero-order valence-electron chi connectivity index (χ0n) is 16.5. The molecule has 0 bridgehead atoms. The highest BCUT2D eigenvalue weighted by Crippen LogP contribution is 2.17. The van der Waals surface area contributed by atoms with Crippen molar-refractivity contribution in [2.75, 3.05) is 46.8 Å². The maximum Gasteiger partial charge on any atom is 0.254 e. The number of hydrogen-bond acceptors (Lipinski definition) is 5. The van der Waals surface area contributed by atoms with E-state index in [4.69, 9.17) is 0 Å². The molecule has 2 aromatic rings. The predicted molar refractivity (Wildman–Crippen MR) is 108 cm³/mol. The lowest BCUT2D eigenvalue weighted by molar-refractivity contribution is -0.132. The van der Waals surface area contributed by atoms with Crippen LogP contribution in [0.15, 0.2) is 42.7 Å². The molecule has 7 heteroatoms. The lowest BCUT2D eigenvalue weighted by atomic mass is 10.1. The molecule has 0 aromatic carbocycles. The molecule has 1 fully saturated rings. The van der Waals surface area contributed by atoms with Crippen molar-refractivity contribution in [3.8, 4) is 11.4 Å². The minimum absolute atomic E-state index is 0.0284. The highest BCUT2D eigenvalue weighted by Gasteiger charge is 2.25. The summed E-state index contributed by atoms with van der Waals surface area (Å²) in [5.74, 6) is 0.148. The van der Waals surface area contributed by atoms with Gasteiger partial charge in [0.25, 0.3) is 5.91 Å². The number of carbonyl (C=O) groups is 2. The SMILES string of the molecule is CN(C)CCCC(=O)N1CCN(C(=O)c2ccnc(-c3ccccn3)c2)CC1. The smallest absolute Gasteiger partial charge is 0.254 e. The van der Waals surface area contributed by atoms with Crippen molar-refractivity contribution in [3.05, 3.63) is 48.3 Å². The van der Waals surface area contributed by atoms with E-state index in [2.05, 4.69) is 14.9 Å². The second-order valence-corrected chi connectivity index (χ2v) is 7.22. The molecular weight excluding hydrogens is 354 g/mol. The number of carbonyl (C=O) groups excluding carboxylic acids is 2. The van der Waals surface area contributed by atoms with E-state index in [-0.39, 0.29) is 11.8 Å². The molecule has 3 rings (SSSR count). The van der Waals surface area contributed by atoms with Crippen LogP contribution >= 0.6 is 0 Å². The van der Waals surface area contributed by atoms with Crippen LogP contribution in [0.5, 0.6) is 0 Å². The molecule has 2 aromatic heterocycles. The number of rotatable bonds is 6. The maximum atomic E-state index is 12.9. The quantitative estimate of drug-likeness (QED) is 0.763. The normalized spacial score (nSPS) is 14.4. The maximum absolute atomic E-state index is 12.9. The molecule has 0 saturated carbocycles. The molecule has 1 aliphatic heterocycles. The van der Waals surface area contributed by atoms with Gasteiger partial charge in [0, 0.05) is 50.6 Å². The first-order chi connectivity index (χ1) is 13.5. The van der Waals surface area contributed by atoms with E-state index in [1.165, 1.54) is 0 Å². The summed E-state index contributed by atoms with van der Waals surface area (Å²) < 4.78 is 0. The molecule has 3 heterocycles. The molecule has 0 unspecified atom stereocenters. The van der Waals surface area contributed by atoms with Crippen LogP contribution in [0, 0.1) is 0 Å². The lowest BCUT2D eigenvalue weighted by Crippen LogP contribution is -2.50. The molecule has 1 aliphatic rings. The third kappa shape index (κ3) is 5.13. The number of amides is 2. The molecule has 7 nitrogen and oxygen atoms in total.